The van der Waals surface area contributed by atoms with E-state index in [1.165, 1.54) is 0 Å². The van der Waals surface area contributed by atoms with Gasteiger partial charge in [-0.15, -0.1) is 0 Å². The Labute approximate surface area is 132 Å². The minimum Gasteiger partial charge on any atom is -0.480 e. The van der Waals surface area contributed by atoms with Crippen LogP contribution < -0.4 is 5.32 Å². The second kappa shape index (κ2) is 6.64. The highest BCUT2D eigenvalue weighted by Crippen LogP contribution is 2.26. The van der Waals surface area contributed by atoms with Gasteiger partial charge in [-0.1, -0.05) is 29.3 Å². The molecule has 1 aromatic rings. The summed E-state index contributed by atoms with van der Waals surface area (Å²) in [5.41, 5.74) is -0.783. The van der Waals surface area contributed by atoms with Gasteiger partial charge < -0.3 is 15.2 Å². The van der Waals surface area contributed by atoms with E-state index < -0.39 is 17.4 Å². The molecular formula is C14H15Cl2NO4. The standard InChI is InChI=1S/C14H15Cl2NO4/c15-10-2-1-3-11(16)9(10)8-12(18)17-14(13(19)20)4-6-21-7-5-14/h1-3H,4-8H2,(H,17,18)(H,19,20). The normalized spacial score (nSPS) is 17.2. The molecule has 2 N–H and O–H groups in total. The molecular weight excluding hydrogens is 317 g/mol. The quantitative estimate of drug-likeness (QED) is 0.887. The fourth-order valence-electron chi connectivity index (χ4n) is 2.29. The first-order valence-corrected chi connectivity index (χ1v) is 7.25. The van der Waals surface area contributed by atoms with Crippen LogP contribution >= 0.6 is 23.2 Å². The van der Waals surface area contributed by atoms with Crippen LogP contribution in [0.25, 0.3) is 0 Å². The monoisotopic (exact) mass is 331 g/mol. The lowest BCUT2D eigenvalue weighted by atomic mass is 9.90. The fraction of sp³-hybridized carbons (Fsp3) is 0.429. The number of hydrogen-bond donors (Lipinski definition) is 2. The Morgan fingerprint density at radius 2 is 1.81 bits per heavy atom. The number of carboxylic acids is 1. The highest BCUT2D eigenvalue weighted by atomic mass is 35.5. The van der Waals surface area contributed by atoms with E-state index in [-0.39, 0.29) is 19.3 Å². The van der Waals surface area contributed by atoms with Gasteiger partial charge in [-0.2, -0.15) is 0 Å². The molecule has 1 heterocycles. The van der Waals surface area contributed by atoms with Gasteiger partial charge in [-0.3, -0.25) is 4.79 Å². The largest absolute Gasteiger partial charge is 0.480 e. The van der Waals surface area contributed by atoms with Crippen molar-refractivity contribution < 1.29 is 19.4 Å². The van der Waals surface area contributed by atoms with Gasteiger partial charge in [-0.05, 0) is 17.7 Å². The number of nitrogens with one attached hydrogen (secondary N) is 1. The summed E-state index contributed by atoms with van der Waals surface area (Å²) in [5.74, 6) is -1.47. The first-order valence-electron chi connectivity index (χ1n) is 6.50. The third-order valence-corrected chi connectivity index (χ3v) is 4.24. The molecule has 0 bridgehead atoms. The molecule has 1 aliphatic heterocycles. The molecule has 0 spiro atoms. The van der Waals surface area contributed by atoms with E-state index in [0.29, 0.717) is 28.8 Å². The third kappa shape index (κ3) is 3.67. The fourth-order valence-corrected chi connectivity index (χ4v) is 2.82. The number of carboxylic acid groups (broad SMARTS) is 1. The first kappa shape index (κ1) is 16.1. The molecule has 0 unspecified atom stereocenters. The van der Waals surface area contributed by atoms with Crippen LogP contribution in [0, 0.1) is 0 Å². The van der Waals surface area contributed by atoms with Crippen LogP contribution in [0.15, 0.2) is 18.2 Å². The van der Waals surface area contributed by atoms with Gasteiger partial charge in [0.2, 0.25) is 5.91 Å². The van der Waals surface area contributed by atoms with Gasteiger partial charge >= 0.3 is 5.97 Å². The Kier molecular flexibility index (Phi) is 5.08. The van der Waals surface area contributed by atoms with Gasteiger partial charge in [0.25, 0.3) is 0 Å². The van der Waals surface area contributed by atoms with Crippen molar-refractivity contribution in [1.29, 1.82) is 0 Å². The van der Waals surface area contributed by atoms with Crippen molar-refractivity contribution in [3.8, 4) is 0 Å². The number of benzene rings is 1. The number of rotatable bonds is 4. The minimum atomic E-state index is -1.27. The summed E-state index contributed by atoms with van der Waals surface area (Å²) >= 11 is 12.0. The number of carbonyl (C=O) groups excluding carboxylic acids is 1. The van der Waals surface area contributed by atoms with Crippen LogP contribution in [0.5, 0.6) is 0 Å². The second-order valence-corrected chi connectivity index (χ2v) is 5.74. The van der Waals surface area contributed by atoms with E-state index in [2.05, 4.69) is 5.32 Å². The van der Waals surface area contributed by atoms with Crippen molar-refractivity contribution in [2.45, 2.75) is 24.8 Å². The predicted octanol–water partition coefficient (Wildman–Crippen LogP) is 2.29. The molecule has 5 nitrogen and oxygen atoms in total. The molecule has 0 aromatic heterocycles. The topological polar surface area (TPSA) is 75.6 Å². The van der Waals surface area contributed by atoms with Crippen LogP contribution in [0.2, 0.25) is 10.0 Å². The summed E-state index contributed by atoms with van der Waals surface area (Å²) in [6, 6.07) is 4.96. The number of ether oxygens (including phenoxy) is 1. The van der Waals surface area contributed by atoms with Crippen molar-refractivity contribution in [3.63, 3.8) is 0 Å². The van der Waals surface area contributed by atoms with E-state index in [1.807, 2.05) is 0 Å². The first-order chi connectivity index (χ1) is 9.94. The Hall–Kier alpha value is -1.30. The highest BCUT2D eigenvalue weighted by molar-refractivity contribution is 6.36. The summed E-state index contributed by atoms with van der Waals surface area (Å²) in [6.45, 7) is 0.610. The Morgan fingerprint density at radius 1 is 1.24 bits per heavy atom. The van der Waals surface area contributed by atoms with E-state index in [4.69, 9.17) is 27.9 Å². The van der Waals surface area contributed by atoms with E-state index >= 15 is 0 Å². The van der Waals surface area contributed by atoms with Gasteiger partial charge in [0.15, 0.2) is 0 Å². The lowest BCUT2D eigenvalue weighted by molar-refractivity contribution is -0.152. The SMILES string of the molecule is O=C(Cc1c(Cl)cccc1Cl)NC1(C(=O)O)CCOCC1. The van der Waals surface area contributed by atoms with E-state index in [9.17, 15) is 14.7 Å². The van der Waals surface area contributed by atoms with Crippen LogP contribution in [-0.2, 0) is 20.7 Å². The van der Waals surface area contributed by atoms with Crippen molar-refractivity contribution in [2.24, 2.45) is 0 Å². The lowest BCUT2D eigenvalue weighted by Crippen LogP contribution is -2.57. The summed E-state index contributed by atoms with van der Waals surface area (Å²) in [7, 11) is 0. The van der Waals surface area contributed by atoms with Gasteiger partial charge in [0, 0.05) is 36.1 Å². The number of amides is 1. The zero-order valence-electron chi connectivity index (χ0n) is 11.2. The van der Waals surface area contributed by atoms with Crippen LogP contribution in [0.3, 0.4) is 0 Å². The molecule has 1 fully saturated rings. The van der Waals surface area contributed by atoms with Crippen LogP contribution in [0.4, 0.5) is 0 Å². The number of aliphatic carboxylic acids is 1. The summed E-state index contributed by atoms with van der Waals surface area (Å²) in [5, 5.41) is 12.8. The highest BCUT2D eigenvalue weighted by Gasteiger charge is 2.41. The number of hydrogen-bond acceptors (Lipinski definition) is 3. The van der Waals surface area contributed by atoms with E-state index in [1.54, 1.807) is 18.2 Å². The van der Waals surface area contributed by atoms with Crippen molar-refractivity contribution >= 4 is 35.1 Å². The molecule has 0 saturated carbocycles. The smallest absolute Gasteiger partial charge is 0.329 e. The summed E-state index contributed by atoms with van der Waals surface area (Å²) < 4.78 is 5.16. The molecule has 114 valence electrons. The van der Waals surface area contributed by atoms with Crippen molar-refractivity contribution in [1.82, 2.24) is 5.32 Å². The van der Waals surface area contributed by atoms with E-state index in [0.717, 1.165) is 0 Å². The number of carbonyl (C=O) groups is 2. The molecule has 1 aromatic carbocycles. The van der Waals surface area contributed by atoms with Gasteiger partial charge in [0.1, 0.15) is 5.54 Å². The second-order valence-electron chi connectivity index (χ2n) is 4.92. The lowest BCUT2D eigenvalue weighted by Gasteiger charge is -2.33. The van der Waals surface area contributed by atoms with Crippen LogP contribution in [0.1, 0.15) is 18.4 Å². The van der Waals surface area contributed by atoms with Crippen molar-refractivity contribution in [3.05, 3.63) is 33.8 Å². The molecule has 0 atom stereocenters. The third-order valence-electron chi connectivity index (χ3n) is 3.53. The van der Waals surface area contributed by atoms with Gasteiger partial charge in [-0.25, -0.2) is 4.79 Å². The zero-order chi connectivity index (χ0) is 15.5. The van der Waals surface area contributed by atoms with Crippen molar-refractivity contribution in [2.75, 3.05) is 13.2 Å². The summed E-state index contributed by atoms with van der Waals surface area (Å²) in [6.07, 6.45) is 0.420. The zero-order valence-corrected chi connectivity index (χ0v) is 12.7. The molecule has 0 radical (unpaired) electrons. The minimum absolute atomic E-state index is 0.0611. The molecule has 21 heavy (non-hydrogen) atoms. The average molecular weight is 332 g/mol. The molecule has 7 heteroatoms. The molecule has 0 aliphatic carbocycles. The molecule has 2 rings (SSSR count). The maximum Gasteiger partial charge on any atom is 0.329 e. The molecule has 1 aliphatic rings. The average Bonchev–Trinajstić information content (AvgIpc) is 2.44. The molecule has 1 amide bonds. The predicted molar refractivity (Wildman–Crippen MR) is 78.7 cm³/mol. The Bertz CT molecular complexity index is 536. The maximum atomic E-state index is 12.2. The number of halogens is 2. The van der Waals surface area contributed by atoms with Gasteiger partial charge in [0.05, 0.1) is 6.42 Å². The Balaban J connectivity index is 2.11. The summed E-state index contributed by atoms with van der Waals surface area (Å²) in [4.78, 5) is 23.6. The molecule has 1 saturated heterocycles. The maximum absolute atomic E-state index is 12.2. The Morgan fingerprint density at radius 3 is 2.33 bits per heavy atom. The van der Waals surface area contributed by atoms with Crippen LogP contribution in [-0.4, -0.2) is 35.7 Å².